The molecule has 5 aliphatic rings. The lowest BCUT2D eigenvalue weighted by molar-refractivity contribution is -0.377. The van der Waals surface area contributed by atoms with Crippen molar-refractivity contribution in [1.82, 2.24) is 0 Å². The first-order valence-electron chi connectivity index (χ1n) is 17.9. The zero-order valence-corrected chi connectivity index (χ0v) is 30.3. The average molecular weight is 685 g/mol. The van der Waals surface area contributed by atoms with Gasteiger partial charge in [0.2, 0.25) is 0 Å². The van der Waals surface area contributed by atoms with Crippen molar-refractivity contribution in [2.24, 2.45) is 29.6 Å². The van der Waals surface area contributed by atoms with Gasteiger partial charge in [-0.3, -0.25) is 9.59 Å². The van der Waals surface area contributed by atoms with Gasteiger partial charge in [0, 0.05) is 18.8 Å². The van der Waals surface area contributed by atoms with E-state index in [1.54, 1.807) is 32.9 Å². The van der Waals surface area contributed by atoms with Crippen molar-refractivity contribution in [3.8, 4) is 0 Å². The summed E-state index contributed by atoms with van der Waals surface area (Å²) < 4.78 is 31.4. The van der Waals surface area contributed by atoms with E-state index in [-0.39, 0.29) is 43.4 Å². The Hall–Kier alpha value is -2.60. The normalized spacial score (nSPS) is 44.6. The molecule has 12 atom stereocenters. The molecule has 0 aromatic heterocycles. The maximum absolute atomic E-state index is 14.2. The van der Waals surface area contributed by atoms with Gasteiger partial charge in [0.1, 0.15) is 35.9 Å². The van der Waals surface area contributed by atoms with E-state index in [4.69, 9.17) is 23.7 Å². The smallest absolute Gasteiger partial charge is 0.316 e. The number of carbonyl (C=O) groups excluding carboxylic acids is 2. The number of allylic oxidation sites excluding steroid dienone is 5. The molecule has 0 saturated carbocycles. The molecule has 4 heterocycles. The monoisotopic (exact) mass is 684 g/mol. The average Bonchev–Trinajstić information content (AvgIpc) is 3.39. The van der Waals surface area contributed by atoms with Gasteiger partial charge in [-0.2, -0.15) is 0 Å². The summed E-state index contributed by atoms with van der Waals surface area (Å²) >= 11 is 0. The van der Waals surface area contributed by atoms with E-state index in [0.29, 0.717) is 24.0 Å². The Bertz CT molecular complexity index is 1410. The molecule has 272 valence electrons. The fourth-order valence-corrected chi connectivity index (χ4v) is 8.12. The van der Waals surface area contributed by atoms with Crippen LogP contribution in [0, 0.1) is 29.6 Å². The van der Waals surface area contributed by atoms with Crippen molar-refractivity contribution < 1.29 is 48.6 Å². The summed E-state index contributed by atoms with van der Waals surface area (Å²) in [7, 11) is 0. The summed E-state index contributed by atoms with van der Waals surface area (Å²) in [5.41, 5.74) is 1.30. The molecule has 0 amide bonds. The van der Waals surface area contributed by atoms with Crippen LogP contribution >= 0.6 is 0 Å². The Morgan fingerprint density at radius 3 is 2.59 bits per heavy atom. The SMILES string of the molecule is C/C=C(\C)[C@H]1O[C@@]2(C[C@@H]3C[C@@H](C/C=C(\C)C[C@@H](C)/C=C/C=C4\COC5[C@H](O)C(C)=C[C@@H](C(=O)O3)[C@]45O)O2)[C@H](O)[C@@H](COC(=O)C(C)C)[C@@H]1C. The van der Waals surface area contributed by atoms with Gasteiger partial charge >= 0.3 is 11.9 Å². The number of esters is 2. The summed E-state index contributed by atoms with van der Waals surface area (Å²) in [4.78, 5) is 26.8. The van der Waals surface area contributed by atoms with Gasteiger partial charge in [-0.15, -0.1) is 0 Å². The Kier molecular flexibility index (Phi) is 11.5. The standard InChI is InChI=1S/C39H56O10/c1-9-24(6)33-26(8)30(20-46-36(42)21(2)3)34(41)38(49-33)18-29-17-28(48-38)14-13-23(5)15-22(4)11-10-12-27-19-45-35-32(40)25(7)16-31(37(43)47-29)39(27,35)44/h9-13,16,21-22,26,28-35,40-41,44H,14-15,17-20H2,1-8H3/b11-10+,23-13+,24-9+,27-12+/t22-,26-,28+,29-,30-,31-,32+,33+,34+,35?,38-,39+/m0/s1. The second-order valence-corrected chi connectivity index (χ2v) is 15.3. The van der Waals surface area contributed by atoms with Gasteiger partial charge < -0.3 is 39.0 Å². The van der Waals surface area contributed by atoms with Crippen molar-refractivity contribution in [1.29, 1.82) is 0 Å². The molecule has 4 aliphatic heterocycles. The molecule has 1 unspecified atom stereocenters. The first-order chi connectivity index (χ1) is 23.1. The second-order valence-electron chi connectivity index (χ2n) is 15.3. The van der Waals surface area contributed by atoms with Crippen molar-refractivity contribution in [3.05, 3.63) is 58.7 Å². The molecule has 3 N–H and O–H groups in total. The maximum Gasteiger partial charge on any atom is 0.316 e. The van der Waals surface area contributed by atoms with Gasteiger partial charge in [0.25, 0.3) is 0 Å². The van der Waals surface area contributed by atoms with E-state index in [1.807, 2.05) is 39.0 Å². The summed E-state index contributed by atoms with van der Waals surface area (Å²) in [5, 5.41) is 35.4. The van der Waals surface area contributed by atoms with Gasteiger partial charge in [-0.05, 0) is 69.1 Å². The minimum atomic E-state index is -1.81. The summed E-state index contributed by atoms with van der Waals surface area (Å²) in [5.74, 6) is -4.59. The fraction of sp³-hybridized carbons (Fsp3) is 0.692. The largest absolute Gasteiger partial charge is 0.465 e. The van der Waals surface area contributed by atoms with Crippen molar-refractivity contribution in [3.63, 3.8) is 0 Å². The number of hydrogen-bond donors (Lipinski definition) is 3. The van der Waals surface area contributed by atoms with E-state index in [2.05, 4.69) is 19.9 Å². The molecule has 0 aromatic carbocycles. The highest BCUT2D eigenvalue weighted by Crippen LogP contribution is 2.49. The van der Waals surface area contributed by atoms with E-state index in [9.17, 15) is 24.9 Å². The van der Waals surface area contributed by atoms with Crippen LogP contribution in [-0.4, -0.2) is 88.5 Å². The van der Waals surface area contributed by atoms with Gasteiger partial charge in [-0.25, -0.2) is 0 Å². The maximum atomic E-state index is 14.2. The van der Waals surface area contributed by atoms with Crippen LogP contribution in [0.15, 0.2) is 58.7 Å². The molecule has 5 rings (SSSR count). The minimum Gasteiger partial charge on any atom is -0.465 e. The molecule has 1 spiro atoms. The van der Waals surface area contributed by atoms with Crippen molar-refractivity contribution >= 4 is 11.9 Å². The minimum absolute atomic E-state index is 0.0150. The number of hydrogen-bond acceptors (Lipinski definition) is 10. The Balaban J connectivity index is 1.55. The number of aliphatic hydroxyl groups is 3. The third kappa shape index (κ3) is 7.41. The predicted molar refractivity (Wildman–Crippen MR) is 183 cm³/mol. The van der Waals surface area contributed by atoms with Crippen LogP contribution < -0.4 is 0 Å². The number of ether oxygens (including phenoxy) is 5. The molecular formula is C39H56O10. The number of fused-ring (bicyclic) bond motifs is 2. The topological polar surface area (TPSA) is 141 Å². The molecule has 10 heteroatoms. The first kappa shape index (κ1) is 37.7. The molecular weight excluding hydrogens is 628 g/mol. The highest BCUT2D eigenvalue weighted by Gasteiger charge is 2.61. The number of rotatable bonds is 4. The Labute approximate surface area is 290 Å². The number of aliphatic hydroxyl groups excluding tert-OH is 2. The lowest BCUT2D eigenvalue weighted by atomic mass is 9.71. The highest BCUT2D eigenvalue weighted by molar-refractivity contribution is 5.78. The van der Waals surface area contributed by atoms with Crippen LogP contribution in [0.1, 0.15) is 81.1 Å². The van der Waals surface area contributed by atoms with Crippen LogP contribution in [0.25, 0.3) is 0 Å². The summed E-state index contributed by atoms with van der Waals surface area (Å²) in [6, 6.07) is 0. The molecule has 10 nitrogen and oxygen atoms in total. The molecule has 49 heavy (non-hydrogen) atoms. The fourth-order valence-electron chi connectivity index (χ4n) is 8.12. The van der Waals surface area contributed by atoms with Gasteiger partial charge in [0.15, 0.2) is 5.79 Å². The molecule has 3 saturated heterocycles. The van der Waals surface area contributed by atoms with Crippen LogP contribution in [0.3, 0.4) is 0 Å². The third-order valence-electron chi connectivity index (χ3n) is 11.2. The van der Waals surface area contributed by atoms with Crippen LogP contribution in [0.4, 0.5) is 0 Å². The van der Waals surface area contributed by atoms with E-state index in [0.717, 1.165) is 17.6 Å². The first-order valence-corrected chi connectivity index (χ1v) is 17.9. The van der Waals surface area contributed by atoms with Crippen LogP contribution in [0.2, 0.25) is 0 Å². The second kappa shape index (κ2) is 14.9. The van der Waals surface area contributed by atoms with E-state index < -0.39 is 65.8 Å². The summed E-state index contributed by atoms with van der Waals surface area (Å²) in [6.45, 7) is 15.3. The Morgan fingerprint density at radius 1 is 1.16 bits per heavy atom. The molecule has 2 bridgehead atoms. The molecule has 3 fully saturated rings. The van der Waals surface area contributed by atoms with Crippen LogP contribution in [-0.2, 0) is 33.3 Å². The number of carbonyl (C=O) groups is 2. The predicted octanol–water partition coefficient (Wildman–Crippen LogP) is 4.88. The highest BCUT2D eigenvalue weighted by atomic mass is 16.7. The lowest BCUT2D eigenvalue weighted by Gasteiger charge is -2.55. The van der Waals surface area contributed by atoms with Crippen LogP contribution in [0.5, 0.6) is 0 Å². The van der Waals surface area contributed by atoms with Gasteiger partial charge in [-0.1, -0.05) is 69.7 Å². The quantitative estimate of drug-likeness (QED) is 0.277. The Morgan fingerprint density at radius 2 is 1.90 bits per heavy atom. The van der Waals surface area contributed by atoms with Gasteiger partial charge in [0.05, 0.1) is 31.3 Å². The zero-order chi connectivity index (χ0) is 35.8. The molecule has 1 aliphatic carbocycles. The van der Waals surface area contributed by atoms with E-state index in [1.165, 1.54) is 0 Å². The van der Waals surface area contributed by atoms with E-state index >= 15 is 0 Å². The molecule has 0 radical (unpaired) electrons. The van der Waals surface area contributed by atoms with Crippen molar-refractivity contribution in [2.75, 3.05) is 13.2 Å². The lowest BCUT2D eigenvalue weighted by Crippen LogP contribution is -2.65. The summed E-state index contributed by atoms with van der Waals surface area (Å²) in [6.07, 6.45) is 8.08. The zero-order valence-electron chi connectivity index (χ0n) is 30.3. The molecule has 0 aromatic rings. The van der Waals surface area contributed by atoms with Crippen molar-refractivity contribution in [2.45, 2.75) is 129 Å². The third-order valence-corrected chi connectivity index (χ3v) is 11.2.